The van der Waals surface area contributed by atoms with E-state index in [9.17, 15) is 0 Å². The Bertz CT molecular complexity index is 676. The molecule has 0 unspecified atom stereocenters. The van der Waals surface area contributed by atoms with Crippen LogP contribution in [0.2, 0.25) is 0 Å². The maximum atomic E-state index is 8.95. The predicted octanol–water partition coefficient (Wildman–Crippen LogP) is 3.50. The monoisotopic (exact) mass is 340 g/mol. The van der Waals surface area contributed by atoms with Crippen LogP contribution < -0.4 is 0 Å². The van der Waals surface area contributed by atoms with E-state index >= 15 is 0 Å². The van der Waals surface area contributed by atoms with Gasteiger partial charge < -0.3 is 0 Å². The smallest absolute Gasteiger partial charge is 0.100 e. The van der Waals surface area contributed by atoms with Gasteiger partial charge in [0.15, 0.2) is 0 Å². The summed E-state index contributed by atoms with van der Waals surface area (Å²) in [6.07, 6.45) is 5.54. The Morgan fingerprint density at radius 2 is 2.29 bits per heavy atom. The molecule has 2 aromatic heterocycles. The Hall–Kier alpha value is -1.74. The topological polar surface area (TPSA) is 43.2 Å². The van der Waals surface area contributed by atoms with E-state index in [4.69, 9.17) is 5.26 Å². The summed E-state index contributed by atoms with van der Waals surface area (Å²) >= 11 is 1.70. The van der Waals surface area contributed by atoms with Gasteiger partial charge in [-0.1, -0.05) is 6.07 Å². The summed E-state index contributed by atoms with van der Waals surface area (Å²) in [4.78, 5) is 10.7. The van der Waals surface area contributed by atoms with Crippen LogP contribution in [-0.4, -0.2) is 41.0 Å². The Morgan fingerprint density at radius 1 is 1.38 bits per heavy atom. The first-order valence-electron chi connectivity index (χ1n) is 8.54. The highest BCUT2D eigenvalue weighted by Crippen LogP contribution is 2.21. The molecule has 5 heteroatoms. The van der Waals surface area contributed by atoms with E-state index in [0.29, 0.717) is 6.04 Å². The number of nitriles is 1. The van der Waals surface area contributed by atoms with Crippen molar-refractivity contribution in [1.29, 1.82) is 5.26 Å². The first kappa shape index (κ1) is 17.1. The molecule has 1 saturated heterocycles. The molecule has 0 radical (unpaired) electrons. The highest BCUT2D eigenvalue weighted by Gasteiger charge is 2.21. The summed E-state index contributed by atoms with van der Waals surface area (Å²) in [6.45, 7) is 4.16. The normalized spacial score (nSPS) is 19.1. The second-order valence-corrected chi connectivity index (χ2v) is 7.51. The van der Waals surface area contributed by atoms with Gasteiger partial charge in [-0.3, -0.25) is 14.8 Å². The first-order chi connectivity index (χ1) is 11.7. The van der Waals surface area contributed by atoms with Gasteiger partial charge in [-0.15, -0.1) is 11.3 Å². The third-order valence-electron chi connectivity index (χ3n) is 4.71. The highest BCUT2D eigenvalue weighted by molar-refractivity contribution is 7.10. The van der Waals surface area contributed by atoms with Crippen LogP contribution in [0.25, 0.3) is 0 Å². The molecular weight excluding hydrogens is 316 g/mol. The van der Waals surface area contributed by atoms with Gasteiger partial charge >= 0.3 is 0 Å². The lowest BCUT2D eigenvalue weighted by Crippen LogP contribution is -2.32. The molecule has 0 bridgehead atoms. The van der Waals surface area contributed by atoms with Crippen molar-refractivity contribution in [2.24, 2.45) is 0 Å². The van der Waals surface area contributed by atoms with Gasteiger partial charge in [0.05, 0.1) is 11.3 Å². The average molecular weight is 340 g/mol. The predicted molar refractivity (Wildman–Crippen MR) is 97.7 cm³/mol. The maximum Gasteiger partial charge on any atom is 0.100 e. The van der Waals surface area contributed by atoms with E-state index in [1.165, 1.54) is 24.1 Å². The molecular formula is C19H24N4S. The number of likely N-dealkylation sites (tertiary alicyclic amines) is 1. The van der Waals surface area contributed by atoms with Gasteiger partial charge in [-0.25, -0.2) is 0 Å². The van der Waals surface area contributed by atoms with Gasteiger partial charge in [-0.2, -0.15) is 5.26 Å². The minimum absolute atomic E-state index is 0.620. The van der Waals surface area contributed by atoms with Crippen LogP contribution in [0, 0.1) is 11.3 Å². The maximum absolute atomic E-state index is 8.95. The Morgan fingerprint density at radius 3 is 3.04 bits per heavy atom. The SMILES string of the molecule is CN(Cc1ccccn1)[C@@H]1CCCN(Cc2cc(C#N)cs2)CC1. The van der Waals surface area contributed by atoms with Crippen LogP contribution in [0.5, 0.6) is 0 Å². The summed E-state index contributed by atoms with van der Waals surface area (Å²) in [6, 6.07) is 11.0. The number of hydrogen-bond acceptors (Lipinski definition) is 5. The molecule has 1 fully saturated rings. The number of rotatable bonds is 5. The van der Waals surface area contributed by atoms with Crippen molar-refractivity contribution in [1.82, 2.24) is 14.8 Å². The standard InChI is InChI=1S/C19H24N4S/c1-22(13-17-5-2-3-8-21-17)18-6-4-9-23(10-7-18)14-19-11-16(12-20)15-24-19/h2-3,5,8,11,15,18H,4,6-7,9-10,13-14H2,1H3/t18-/m1/s1. The molecule has 3 rings (SSSR count). The lowest BCUT2D eigenvalue weighted by Gasteiger charge is -2.27. The molecule has 0 N–H and O–H groups in total. The van der Waals surface area contributed by atoms with Gasteiger partial charge in [-0.05, 0) is 51.1 Å². The Balaban J connectivity index is 1.52. The largest absolute Gasteiger partial charge is 0.298 e. The van der Waals surface area contributed by atoms with E-state index in [0.717, 1.165) is 37.4 Å². The molecule has 24 heavy (non-hydrogen) atoms. The summed E-state index contributed by atoms with van der Waals surface area (Å²) in [7, 11) is 2.22. The van der Waals surface area contributed by atoms with E-state index in [1.54, 1.807) is 11.3 Å². The van der Waals surface area contributed by atoms with Crippen molar-refractivity contribution < 1.29 is 0 Å². The van der Waals surface area contributed by atoms with Gasteiger partial charge in [0, 0.05) is 42.1 Å². The summed E-state index contributed by atoms with van der Waals surface area (Å²) in [5, 5.41) is 10.9. The van der Waals surface area contributed by atoms with Crippen molar-refractivity contribution in [3.8, 4) is 6.07 Å². The van der Waals surface area contributed by atoms with E-state index < -0.39 is 0 Å². The molecule has 1 aliphatic heterocycles. The molecule has 2 aromatic rings. The first-order valence-corrected chi connectivity index (χ1v) is 9.42. The van der Waals surface area contributed by atoms with Crippen molar-refractivity contribution in [2.45, 2.75) is 38.4 Å². The third-order valence-corrected chi connectivity index (χ3v) is 5.63. The van der Waals surface area contributed by atoms with Crippen LogP contribution in [0.1, 0.15) is 35.4 Å². The molecule has 0 spiro atoms. The van der Waals surface area contributed by atoms with Crippen molar-refractivity contribution in [2.75, 3.05) is 20.1 Å². The van der Waals surface area contributed by atoms with E-state index in [2.05, 4.69) is 40.0 Å². The van der Waals surface area contributed by atoms with Gasteiger partial charge in [0.1, 0.15) is 6.07 Å². The van der Waals surface area contributed by atoms with Gasteiger partial charge in [0.25, 0.3) is 0 Å². The molecule has 0 amide bonds. The molecule has 4 nitrogen and oxygen atoms in total. The van der Waals surface area contributed by atoms with Crippen LogP contribution in [0.15, 0.2) is 35.8 Å². The highest BCUT2D eigenvalue weighted by atomic mass is 32.1. The molecule has 1 aliphatic rings. The average Bonchev–Trinajstić information content (AvgIpc) is 2.92. The minimum atomic E-state index is 0.620. The fourth-order valence-electron chi connectivity index (χ4n) is 3.36. The second kappa shape index (κ2) is 8.39. The Kier molecular flexibility index (Phi) is 5.97. The summed E-state index contributed by atoms with van der Waals surface area (Å²) in [5.41, 5.74) is 1.93. The minimum Gasteiger partial charge on any atom is -0.298 e. The number of aromatic nitrogens is 1. The molecule has 0 saturated carbocycles. The third kappa shape index (κ3) is 4.64. The molecule has 3 heterocycles. The van der Waals surface area contributed by atoms with Crippen molar-refractivity contribution in [3.05, 3.63) is 52.0 Å². The summed E-state index contributed by atoms with van der Waals surface area (Å²) in [5.74, 6) is 0. The second-order valence-electron chi connectivity index (χ2n) is 6.51. The number of thiophene rings is 1. The molecule has 0 aromatic carbocycles. The quantitative estimate of drug-likeness (QED) is 0.835. The fraction of sp³-hybridized carbons (Fsp3) is 0.474. The zero-order valence-electron chi connectivity index (χ0n) is 14.2. The zero-order valence-corrected chi connectivity index (χ0v) is 15.0. The van der Waals surface area contributed by atoms with Gasteiger partial charge in [0.2, 0.25) is 0 Å². The van der Waals surface area contributed by atoms with Crippen LogP contribution >= 0.6 is 11.3 Å². The van der Waals surface area contributed by atoms with Crippen LogP contribution in [0.4, 0.5) is 0 Å². The number of hydrogen-bond donors (Lipinski definition) is 0. The lowest BCUT2D eigenvalue weighted by atomic mass is 10.1. The summed E-state index contributed by atoms with van der Waals surface area (Å²) < 4.78 is 0. The van der Waals surface area contributed by atoms with Crippen LogP contribution in [-0.2, 0) is 13.1 Å². The molecule has 126 valence electrons. The zero-order chi connectivity index (χ0) is 16.8. The van der Waals surface area contributed by atoms with Crippen LogP contribution in [0.3, 0.4) is 0 Å². The number of nitrogens with zero attached hydrogens (tertiary/aromatic N) is 4. The Labute approximate surface area is 148 Å². The molecule has 1 atom stereocenters. The lowest BCUT2D eigenvalue weighted by molar-refractivity contribution is 0.205. The number of pyridine rings is 1. The van der Waals surface area contributed by atoms with Crippen molar-refractivity contribution in [3.63, 3.8) is 0 Å². The van der Waals surface area contributed by atoms with E-state index in [-0.39, 0.29) is 0 Å². The molecule has 0 aliphatic carbocycles. The van der Waals surface area contributed by atoms with E-state index in [1.807, 2.05) is 23.7 Å². The van der Waals surface area contributed by atoms with Crippen molar-refractivity contribution >= 4 is 11.3 Å². The fourth-order valence-corrected chi connectivity index (χ4v) is 4.21.